The van der Waals surface area contributed by atoms with Gasteiger partial charge < -0.3 is 9.80 Å². The van der Waals surface area contributed by atoms with Crippen LogP contribution in [0.1, 0.15) is 12.5 Å². The van der Waals surface area contributed by atoms with Gasteiger partial charge in [-0.15, -0.1) is 0 Å². The average Bonchev–Trinajstić information content (AvgIpc) is 2.60. The lowest BCUT2D eigenvalue weighted by atomic mass is 10.1. The van der Waals surface area contributed by atoms with E-state index in [0.717, 1.165) is 11.8 Å². The van der Waals surface area contributed by atoms with Gasteiger partial charge in [0.2, 0.25) is 10.0 Å². The van der Waals surface area contributed by atoms with Crippen LogP contribution in [-0.2, 0) is 10.0 Å². The first-order valence-corrected chi connectivity index (χ1v) is 10.1. The van der Waals surface area contributed by atoms with Gasteiger partial charge in [-0.2, -0.15) is 0 Å². The quantitative estimate of drug-likeness (QED) is 0.633. The molecule has 1 aliphatic rings. The van der Waals surface area contributed by atoms with Crippen molar-refractivity contribution in [3.05, 3.63) is 58.1 Å². The van der Waals surface area contributed by atoms with Crippen molar-refractivity contribution >= 4 is 27.1 Å². The van der Waals surface area contributed by atoms with Gasteiger partial charge in [-0.25, -0.2) is 13.6 Å². The number of primary sulfonamides is 1. The Morgan fingerprint density at radius 2 is 1.93 bits per heavy atom. The number of piperazine rings is 1. The maximum absolute atomic E-state index is 11.5. The Labute approximate surface area is 158 Å². The van der Waals surface area contributed by atoms with Crippen molar-refractivity contribution in [2.75, 3.05) is 29.4 Å². The predicted octanol–water partition coefficient (Wildman–Crippen LogP) is 2.27. The fraction of sp³-hybridized carbons (Fsp3) is 0.333. The van der Waals surface area contributed by atoms with E-state index in [-0.39, 0.29) is 16.6 Å². The van der Waals surface area contributed by atoms with E-state index in [1.807, 2.05) is 24.0 Å². The standard InChI is InChI=1S/C18H22N4O4S/c1-13-4-3-5-15(10-13)21-9-8-20(12-14(21)2)17-7-6-16(27(19,25)26)11-18(17)22(23)24/h3-7,10-11,14H,8-9,12H2,1-2H3,(H2,19,25,26)/t14-/m0/s1. The lowest BCUT2D eigenvalue weighted by Crippen LogP contribution is -2.52. The van der Waals surface area contributed by atoms with Gasteiger partial charge in [-0.1, -0.05) is 12.1 Å². The van der Waals surface area contributed by atoms with Crippen LogP contribution in [0, 0.1) is 17.0 Å². The maximum atomic E-state index is 11.5. The molecular formula is C18H22N4O4S. The smallest absolute Gasteiger partial charge is 0.293 e. The average molecular weight is 390 g/mol. The highest BCUT2D eigenvalue weighted by atomic mass is 32.2. The molecule has 1 heterocycles. The molecule has 9 heteroatoms. The van der Waals surface area contributed by atoms with Crippen molar-refractivity contribution in [1.82, 2.24) is 0 Å². The van der Waals surface area contributed by atoms with Crippen LogP contribution >= 0.6 is 0 Å². The summed E-state index contributed by atoms with van der Waals surface area (Å²) in [5, 5.41) is 16.6. The van der Waals surface area contributed by atoms with E-state index in [2.05, 4.69) is 24.0 Å². The normalized spacial score (nSPS) is 17.8. The van der Waals surface area contributed by atoms with Crippen molar-refractivity contribution in [2.45, 2.75) is 24.8 Å². The van der Waals surface area contributed by atoms with Crippen LogP contribution in [0.2, 0.25) is 0 Å². The Hall–Kier alpha value is -2.65. The summed E-state index contributed by atoms with van der Waals surface area (Å²) in [7, 11) is -4.00. The summed E-state index contributed by atoms with van der Waals surface area (Å²) in [5.74, 6) is 0. The first-order valence-electron chi connectivity index (χ1n) is 8.56. The van der Waals surface area contributed by atoms with Crippen molar-refractivity contribution in [1.29, 1.82) is 0 Å². The van der Waals surface area contributed by atoms with Crippen LogP contribution in [0.25, 0.3) is 0 Å². The fourth-order valence-electron chi connectivity index (χ4n) is 3.46. The van der Waals surface area contributed by atoms with E-state index in [0.29, 0.717) is 25.3 Å². The third-order valence-corrected chi connectivity index (χ3v) is 5.68. The number of rotatable bonds is 4. The maximum Gasteiger partial charge on any atom is 0.293 e. The number of nitro groups is 1. The molecule has 2 aromatic carbocycles. The molecule has 1 saturated heterocycles. The second kappa shape index (κ2) is 7.16. The number of nitro benzene ring substituents is 1. The van der Waals surface area contributed by atoms with Gasteiger partial charge in [0.25, 0.3) is 5.69 Å². The van der Waals surface area contributed by atoms with Crippen LogP contribution in [-0.4, -0.2) is 39.0 Å². The van der Waals surface area contributed by atoms with E-state index in [1.54, 1.807) is 0 Å². The summed E-state index contributed by atoms with van der Waals surface area (Å²) in [5.41, 5.74) is 2.46. The summed E-state index contributed by atoms with van der Waals surface area (Å²) < 4.78 is 23.0. The molecule has 3 rings (SSSR count). The molecular weight excluding hydrogens is 368 g/mol. The fourth-order valence-corrected chi connectivity index (χ4v) is 3.99. The van der Waals surface area contributed by atoms with Crippen LogP contribution < -0.4 is 14.9 Å². The Balaban J connectivity index is 1.88. The molecule has 0 spiro atoms. The van der Waals surface area contributed by atoms with E-state index in [9.17, 15) is 18.5 Å². The van der Waals surface area contributed by atoms with Gasteiger partial charge in [0, 0.05) is 37.4 Å². The van der Waals surface area contributed by atoms with Gasteiger partial charge in [0.1, 0.15) is 5.69 Å². The van der Waals surface area contributed by atoms with Crippen LogP contribution in [0.15, 0.2) is 47.4 Å². The molecule has 0 radical (unpaired) electrons. The largest absolute Gasteiger partial charge is 0.365 e. The van der Waals surface area contributed by atoms with Crippen molar-refractivity contribution in [3.63, 3.8) is 0 Å². The third-order valence-electron chi connectivity index (χ3n) is 4.77. The second-order valence-corrected chi connectivity index (χ2v) is 8.34. The molecule has 0 unspecified atom stereocenters. The van der Waals surface area contributed by atoms with E-state index >= 15 is 0 Å². The second-order valence-electron chi connectivity index (χ2n) is 6.78. The number of nitrogens with zero attached hydrogens (tertiary/aromatic N) is 3. The topological polar surface area (TPSA) is 110 Å². The number of aryl methyl sites for hydroxylation is 1. The molecule has 1 atom stereocenters. The molecule has 1 aliphatic heterocycles. The number of nitrogens with two attached hydrogens (primary N) is 1. The minimum atomic E-state index is -4.00. The zero-order chi connectivity index (χ0) is 19.8. The predicted molar refractivity (Wildman–Crippen MR) is 105 cm³/mol. The summed E-state index contributed by atoms with van der Waals surface area (Å²) >= 11 is 0. The number of hydrogen-bond acceptors (Lipinski definition) is 6. The van der Waals surface area contributed by atoms with Gasteiger partial charge in [-0.05, 0) is 43.7 Å². The highest BCUT2D eigenvalue weighted by Crippen LogP contribution is 2.33. The summed E-state index contributed by atoms with van der Waals surface area (Å²) in [6.07, 6.45) is 0. The molecule has 0 aromatic heterocycles. The van der Waals surface area contributed by atoms with Crippen molar-refractivity contribution in [3.8, 4) is 0 Å². The Bertz CT molecular complexity index is 977. The summed E-state index contributed by atoms with van der Waals surface area (Å²) in [4.78, 5) is 14.8. The Morgan fingerprint density at radius 1 is 1.19 bits per heavy atom. The summed E-state index contributed by atoms with van der Waals surface area (Å²) in [6, 6.07) is 12.2. The molecule has 0 amide bonds. The van der Waals surface area contributed by atoms with Crippen LogP contribution in [0.5, 0.6) is 0 Å². The third kappa shape index (κ3) is 4.04. The molecule has 144 valence electrons. The number of benzene rings is 2. The van der Waals surface area contributed by atoms with Crippen molar-refractivity contribution in [2.24, 2.45) is 5.14 Å². The Morgan fingerprint density at radius 3 is 2.52 bits per heavy atom. The van der Waals surface area contributed by atoms with E-state index in [1.165, 1.54) is 17.7 Å². The first kappa shape index (κ1) is 19.1. The van der Waals surface area contributed by atoms with Crippen LogP contribution in [0.4, 0.5) is 17.1 Å². The molecule has 27 heavy (non-hydrogen) atoms. The molecule has 0 saturated carbocycles. The number of anilines is 2. The molecule has 0 bridgehead atoms. The molecule has 8 nitrogen and oxygen atoms in total. The molecule has 0 aliphatic carbocycles. The SMILES string of the molecule is Cc1cccc(N2CCN(c3ccc(S(N)(=O)=O)cc3[N+](=O)[O-])C[C@@H]2C)c1. The lowest BCUT2D eigenvalue weighted by Gasteiger charge is -2.42. The van der Waals surface area contributed by atoms with Crippen molar-refractivity contribution < 1.29 is 13.3 Å². The first-order chi connectivity index (χ1) is 12.7. The zero-order valence-electron chi connectivity index (χ0n) is 15.2. The van der Waals surface area contributed by atoms with Gasteiger partial charge >= 0.3 is 0 Å². The highest BCUT2D eigenvalue weighted by Gasteiger charge is 2.29. The van der Waals surface area contributed by atoms with Gasteiger partial charge in [0.05, 0.1) is 9.82 Å². The monoisotopic (exact) mass is 390 g/mol. The van der Waals surface area contributed by atoms with Gasteiger partial charge in [0.15, 0.2) is 0 Å². The summed E-state index contributed by atoms with van der Waals surface area (Å²) in [6.45, 7) is 6.00. The molecule has 2 N–H and O–H groups in total. The number of sulfonamides is 1. The van der Waals surface area contributed by atoms with E-state index in [4.69, 9.17) is 5.14 Å². The molecule has 2 aromatic rings. The minimum absolute atomic E-state index is 0.137. The number of hydrogen-bond donors (Lipinski definition) is 1. The van der Waals surface area contributed by atoms with Gasteiger partial charge in [-0.3, -0.25) is 10.1 Å². The Kier molecular flexibility index (Phi) is 5.07. The lowest BCUT2D eigenvalue weighted by molar-refractivity contribution is -0.384. The van der Waals surface area contributed by atoms with Crippen LogP contribution in [0.3, 0.4) is 0 Å². The highest BCUT2D eigenvalue weighted by molar-refractivity contribution is 7.89. The van der Waals surface area contributed by atoms with E-state index < -0.39 is 14.9 Å². The minimum Gasteiger partial charge on any atom is -0.365 e. The zero-order valence-corrected chi connectivity index (χ0v) is 16.0. The molecule has 1 fully saturated rings.